The number of benzene rings is 1. The molecule has 1 aromatic heterocycles. The number of hydrogen-bond donors (Lipinski definition) is 1. The van der Waals surface area contributed by atoms with Gasteiger partial charge in [-0.3, -0.25) is 4.98 Å². The topological polar surface area (TPSA) is 51.7 Å². The number of nitrogens with zero attached hydrogens (tertiary/aromatic N) is 4. The molecule has 2 fully saturated rings. The molecule has 0 saturated carbocycles. The molecule has 3 heterocycles. The Hall–Kier alpha value is -3.18. The molecule has 0 unspecified atom stereocenters. The third-order valence-corrected chi connectivity index (χ3v) is 7.22. The fraction of sp³-hybridized carbons (Fsp3) is 0.538. The normalized spacial score (nSPS) is 18.0. The molecule has 2 aliphatic rings. The van der Waals surface area contributed by atoms with Crippen molar-refractivity contribution in [1.29, 1.82) is 0 Å². The van der Waals surface area contributed by atoms with Crippen LogP contribution in [-0.4, -0.2) is 66.6 Å². The van der Waals surface area contributed by atoms with Crippen LogP contribution in [0.2, 0.25) is 0 Å². The number of piperidine rings is 2. The average molecular weight is 544 g/mol. The second-order valence-corrected chi connectivity index (χ2v) is 9.97. The third kappa shape index (κ3) is 7.02. The largest absolute Gasteiger partial charge is 0.433 e. The second-order valence-electron chi connectivity index (χ2n) is 9.97. The van der Waals surface area contributed by atoms with E-state index < -0.39 is 23.6 Å². The number of pyridine rings is 1. The molecule has 38 heavy (non-hydrogen) atoms. The first-order valence-corrected chi connectivity index (χ1v) is 12.6. The maximum atomic E-state index is 13.0. The SMILES string of the molecule is CN(CC1CCN(c2ccc(C(F)(F)F)cc2)CC1)C(=O)N1CCC(Nc2ccnc(C(F)(F)F)c2)CC1. The van der Waals surface area contributed by atoms with E-state index in [1.165, 1.54) is 18.2 Å². The predicted molar refractivity (Wildman–Crippen MR) is 132 cm³/mol. The van der Waals surface area contributed by atoms with Crippen molar-refractivity contribution in [3.63, 3.8) is 0 Å². The number of hydrogen-bond acceptors (Lipinski definition) is 4. The molecular weight excluding hydrogens is 512 g/mol. The summed E-state index contributed by atoms with van der Waals surface area (Å²) < 4.78 is 77.1. The van der Waals surface area contributed by atoms with Gasteiger partial charge in [0.2, 0.25) is 0 Å². The highest BCUT2D eigenvalue weighted by atomic mass is 19.4. The smallest absolute Gasteiger partial charge is 0.382 e. The van der Waals surface area contributed by atoms with Crippen molar-refractivity contribution >= 4 is 17.4 Å². The van der Waals surface area contributed by atoms with Gasteiger partial charge in [0.1, 0.15) is 5.69 Å². The Morgan fingerprint density at radius 2 is 1.58 bits per heavy atom. The first-order chi connectivity index (χ1) is 17.9. The molecule has 0 spiro atoms. The lowest BCUT2D eigenvalue weighted by atomic mass is 9.95. The molecule has 1 N–H and O–H groups in total. The van der Waals surface area contributed by atoms with E-state index in [4.69, 9.17) is 0 Å². The van der Waals surface area contributed by atoms with Crippen LogP contribution in [0.5, 0.6) is 0 Å². The maximum absolute atomic E-state index is 13.0. The molecular formula is C26H31F6N5O. The standard InChI is InChI=1S/C26H31F6N5O/c1-35(17-18-7-12-36(13-8-18)22-4-2-19(3-5-22)25(27,28)29)24(38)37-14-9-20(10-15-37)34-21-6-11-33-23(16-21)26(30,31)32/h2-6,11,16,18,20H,7-10,12-15,17H2,1H3,(H,33,34). The van der Waals surface area contributed by atoms with Gasteiger partial charge in [0.25, 0.3) is 0 Å². The van der Waals surface area contributed by atoms with Crippen LogP contribution >= 0.6 is 0 Å². The first-order valence-electron chi connectivity index (χ1n) is 12.6. The monoisotopic (exact) mass is 543 g/mol. The Morgan fingerprint density at radius 1 is 0.947 bits per heavy atom. The summed E-state index contributed by atoms with van der Waals surface area (Å²) >= 11 is 0. The summed E-state index contributed by atoms with van der Waals surface area (Å²) in [5.74, 6) is 0.295. The molecule has 0 bridgehead atoms. The number of aromatic nitrogens is 1. The zero-order chi connectivity index (χ0) is 27.5. The maximum Gasteiger partial charge on any atom is 0.433 e. The van der Waals surface area contributed by atoms with E-state index in [9.17, 15) is 31.1 Å². The van der Waals surface area contributed by atoms with E-state index in [0.29, 0.717) is 57.2 Å². The Kier molecular flexibility index (Phi) is 8.27. The molecule has 208 valence electrons. The number of urea groups is 1. The lowest BCUT2D eigenvalue weighted by Crippen LogP contribution is -2.49. The summed E-state index contributed by atoms with van der Waals surface area (Å²) in [5.41, 5.74) is -0.485. The molecule has 6 nitrogen and oxygen atoms in total. The number of alkyl halides is 6. The van der Waals surface area contributed by atoms with E-state index >= 15 is 0 Å². The number of amides is 2. The van der Waals surface area contributed by atoms with Gasteiger partial charge in [0.05, 0.1) is 5.56 Å². The minimum absolute atomic E-state index is 0.0395. The van der Waals surface area contributed by atoms with Crippen molar-refractivity contribution in [3.05, 3.63) is 53.9 Å². The molecule has 2 aliphatic heterocycles. The van der Waals surface area contributed by atoms with Crippen LogP contribution in [0.15, 0.2) is 42.6 Å². The molecule has 1 aromatic carbocycles. The molecule has 0 atom stereocenters. The zero-order valence-electron chi connectivity index (χ0n) is 21.0. The van der Waals surface area contributed by atoms with Gasteiger partial charge >= 0.3 is 18.4 Å². The highest BCUT2D eigenvalue weighted by molar-refractivity contribution is 5.74. The van der Waals surface area contributed by atoms with Crippen LogP contribution in [0.3, 0.4) is 0 Å². The Balaban J connectivity index is 1.20. The Bertz CT molecular complexity index is 1070. The van der Waals surface area contributed by atoms with Gasteiger partial charge < -0.3 is 20.0 Å². The van der Waals surface area contributed by atoms with Crippen LogP contribution in [-0.2, 0) is 12.4 Å². The van der Waals surface area contributed by atoms with Gasteiger partial charge in [0.15, 0.2) is 0 Å². The van der Waals surface area contributed by atoms with Gasteiger partial charge in [0, 0.05) is 63.4 Å². The molecule has 0 radical (unpaired) electrons. The van der Waals surface area contributed by atoms with E-state index in [-0.39, 0.29) is 12.1 Å². The summed E-state index contributed by atoms with van der Waals surface area (Å²) in [5, 5.41) is 3.12. The summed E-state index contributed by atoms with van der Waals surface area (Å²) in [7, 11) is 1.77. The average Bonchev–Trinajstić information content (AvgIpc) is 2.88. The van der Waals surface area contributed by atoms with Crippen molar-refractivity contribution in [2.45, 2.75) is 44.1 Å². The van der Waals surface area contributed by atoms with Gasteiger partial charge in [-0.25, -0.2) is 4.79 Å². The number of carbonyl (C=O) groups excluding carboxylic acids is 1. The highest BCUT2D eigenvalue weighted by Crippen LogP contribution is 2.32. The molecule has 2 saturated heterocycles. The number of rotatable bonds is 5. The molecule has 0 aliphatic carbocycles. The van der Waals surface area contributed by atoms with E-state index in [0.717, 1.165) is 42.9 Å². The summed E-state index contributed by atoms with van der Waals surface area (Å²) in [6, 6.07) is 7.59. The number of likely N-dealkylation sites (tertiary alicyclic amines) is 1. The minimum atomic E-state index is -4.50. The summed E-state index contributed by atoms with van der Waals surface area (Å²) in [6.07, 6.45) is -4.82. The van der Waals surface area contributed by atoms with Gasteiger partial charge in [-0.05, 0) is 68.0 Å². The Labute approximate surface area is 217 Å². The fourth-order valence-corrected chi connectivity index (χ4v) is 5.07. The quantitative estimate of drug-likeness (QED) is 0.473. The Morgan fingerprint density at radius 3 is 2.16 bits per heavy atom. The van der Waals surface area contributed by atoms with Crippen molar-refractivity contribution in [2.24, 2.45) is 5.92 Å². The third-order valence-electron chi connectivity index (χ3n) is 7.22. The summed E-state index contributed by atoms with van der Waals surface area (Å²) in [6.45, 7) is 3.02. The number of halogens is 6. The molecule has 2 amide bonds. The van der Waals surface area contributed by atoms with E-state index in [1.807, 2.05) is 0 Å². The van der Waals surface area contributed by atoms with Gasteiger partial charge in [-0.1, -0.05) is 0 Å². The van der Waals surface area contributed by atoms with E-state index in [2.05, 4.69) is 15.2 Å². The molecule has 2 aromatic rings. The van der Waals surface area contributed by atoms with Gasteiger partial charge in [-0.15, -0.1) is 0 Å². The lowest BCUT2D eigenvalue weighted by Gasteiger charge is -2.38. The number of anilines is 2. The molecule has 4 rings (SSSR count). The van der Waals surface area contributed by atoms with Crippen LogP contribution in [0.1, 0.15) is 36.9 Å². The van der Waals surface area contributed by atoms with Gasteiger partial charge in [-0.2, -0.15) is 26.3 Å². The molecule has 12 heteroatoms. The lowest BCUT2D eigenvalue weighted by molar-refractivity contribution is -0.141. The zero-order valence-corrected chi connectivity index (χ0v) is 21.0. The van der Waals surface area contributed by atoms with E-state index in [1.54, 1.807) is 16.8 Å². The number of carbonyl (C=O) groups is 1. The second kappa shape index (κ2) is 11.3. The van der Waals surface area contributed by atoms with Crippen molar-refractivity contribution < 1.29 is 31.1 Å². The van der Waals surface area contributed by atoms with Crippen molar-refractivity contribution in [1.82, 2.24) is 14.8 Å². The highest BCUT2D eigenvalue weighted by Gasteiger charge is 2.33. The number of nitrogens with one attached hydrogen (secondary N) is 1. The summed E-state index contributed by atoms with van der Waals surface area (Å²) in [4.78, 5) is 21.9. The first kappa shape index (κ1) is 27.8. The van der Waals surface area contributed by atoms with Crippen molar-refractivity contribution in [2.75, 3.05) is 50.0 Å². The van der Waals surface area contributed by atoms with Crippen LogP contribution in [0.4, 0.5) is 42.5 Å². The van der Waals surface area contributed by atoms with Crippen LogP contribution in [0.25, 0.3) is 0 Å². The predicted octanol–water partition coefficient (Wildman–Crippen LogP) is 5.96. The fourth-order valence-electron chi connectivity index (χ4n) is 5.07. The van der Waals surface area contributed by atoms with Crippen molar-refractivity contribution in [3.8, 4) is 0 Å². The van der Waals surface area contributed by atoms with Crippen LogP contribution in [0, 0.1) is 5.92 Å². The van der Waals surface area contributed by atoms with Crippen LogP contribution < -0.4 is 10.2 Å². The minimum Gasteiger partial charge on any atom is -0.382 e.